The fourth-order valence-electron chi connectivity index (χ4n) is 4.67. The number of aliphatic hydroxyl groups excluding tert-OH is 2. The van der Waals surface area contributed by atoms with Crippen LogP contribution in [-0.2, 0) is 11.3 Å². The number of nitrogens with zero attached hydrogens (tertiary/aromatic N) is 1. The molecule has 1 aromatic heterocycles. The Bertz CT molecular complexity index is 852. The number of amides is 1. The molecule has 8 nitrogen and oxygen atoms in total. The van der Waals surface area contributed by atoms with E-state index in [9.17, 15) is 15.0 Å². The van der Waals surface area contributed by atoms with E-state index < -0.39 is 12.2 Å². The maximum absolute atomic E-state index is 12.9. The van der Waals surface area contributed by atoms with Gasteiger partial charge in [0, 0.05) is 30.0 Å². The number of ether oxygens (including phenoxy) is 1. The van der Waals surface area contributed by atoms with Crippen molar-refractivity contribution in [1.29, 1.82) is 0 Å². The number of aliphatic hydroxyl groups is 2. The van der Waals surface area contributed by atoms with Gasteiger partial charge in [-0.1, -0.05) is 12.1 Å². The van der Waals surface area contributed by atoms with Crippen LogP contribution in [0.1, 0.15) is 12.6 Å². The summed E-state index contributed by atoms with van der Waals surface area (Å²) in [5.41, 5.74) is 1.49. The molecular formula is C21H27N3O5. The molecule has 0 bridgehead atoms. The van der Waals surface area contributed by atoms with Gasteiger partial charge in [0.2, 0.25) is 5.91 Å². The van der Waals surface area contributed by atoms with E-state index in [1.807, 2.05) is 31.2 Å². The maximum Gasteiger partial charge on any atom is 0.224 e. The molecule has 0 radical (unpaired) electrons. The first-order valence-electron chi connectivity index (χ1n) is 9.94. The van der Waals surface area contributed by atoms with E-state index in [1.165, 1.54) is 0 Å². The van der Waals surface area contributed by atoms with Crippen molar-refractivity contribution >= 4 is 5.91 Å². The molecule has 1 saturated heterocycles. The Kier molecular flexibility index (Phi) is 5.58. The van der Waals surface area contributed by atoms with E-state index in [2.05, 4.69) is 15.8 Å². The Morgan fingerprint density at radius 2 is 1.97 bits per heavy atom. The third-order valence-electron chi connectivity index (χ3n) is 6.35. The van der Waals surface area contributed by atoms with Crippen molar-refractivity contribution in [3.8, 4) is 17.1 Å². The zero-order chi connectivity index (χ0) is 20.5. The van der Waals surface area contributed by atoms with Crippen LogP contribution in [0.15, 0.2) is 34.9 Å². The highest BCUT2D eigenvalue weighted by atomic mass is 16.5. The lowest BCUT2D eigenvalue weighted by Gasteiger charge is -2.43. The molecule has 1 amide bonds. The lowest BCUT2D eigenvalue weighted by Crippen LogP contribution is -2.55. The van der Waals surface area contributed by atoms with Crippen LogP contribution in [0, 0.1) is 23.7 Å². The summed E-state index contributed by atoms with van der Waals surface area (Å²) in [6.45, 7) is 3.35. The van der Waals surface area contributed by atoms with Crippen molar-refractivity contribution in [2.45, 2.75) is 25.7 Å². The normalized spacial score (nSPS) is 31.3. The van der Waals surface area contributed by atoms with Gasteiger partial charge >= 0.3 is 0 Å². The minimum atomic E-state index is -0.902. The lowest BCUT2D eigenvalue weighted by molar-refractivity contribution is -0.146. The summed E-state index contributed by atoms with van der Waals surface area (Å²) < 4.78 is 10.6. The highest BCUT2D eigenvalue weighted by Gasteiger charge is 2.52. The Balaban J connectivity index is 1.41. The molecule has 1 saturated carbocycles. The number of nitrogens with one attached hydrogen (secondary N) is 2. The molecule has 1 aliphatic heterocycles. The van der Waals surface area contributed by atoms with E-state index in [0.717, 1.165) is 11.3 Å². The van der Waals surface area contributed by atoms with Crippen LogP contribution in [0.4, 0.5) is 0 Å². The van der Waals surface area contributed by atoms with Crippen molar-refractivity contribution < 1.29 is 24.3 Å². The van der Waals surface area contributed by atoms with Crippen molar-refractivity contribution in [3.05, 3.63) is 36.0 Å². The number of methoxy groups -OCH3 is 1. The van der Waals surface area contributed by atoms with Gasteiger partial charge in [-0.15, -0.1) is 0 Å². The zero-order valence-corrected chi connectivity index (χ0v) is 16.5. The van der Waals surface area contributed by atoms with Crippen molar-refractivity contribution in [3.63, 3.8) is 0 Å². The minimum absolute atomic E-state index is 0.00979. The molecule has 1 aromatic carbocycles. The monoisotopic (exact) mass is 401 g/mol. The average molecular weight is 401 g/mol. The van der Waals surface area contributed by atoms with Crippen LogP contribution < -0.4 is 15.4 Å². The van der Waals surface area contributed by atoms with Gasteiger partial charge in [-0.25, -0.2) is 0 Å². The number of rotatable bonds is 5. The molecule has 29 heavy (non-hydrogen) atoms. The molecule has 0 spiro atoms. The first-order valence-corrected chi connectivity index (χ1v) is 9.94. The molecule has 156 valence electrons. The van der Waals surface area contributed by atoms with Gasteiger partial charge in [-0.2, -0.15) is 0 Å². The number of hydrogen-bond acceptors (Lipinski definition) is 7. The number of benzene rings is 1. The molecule has 0 unspecified atom stereocenters. The quantitative estimate of drug-likeness (QED) is 0.585. The summed E-state index contributed by atoms with van der Waals surface area (Å²) in [6, 6.07) is 9.24. The van der Waals surface area contributed by atoms with Crippen LogP contribution >= 0.6 is 0 Å². The molecule has 4 N–H and O–H groups in total. The smallest absolute Gasteiger partial charge is 0.224 e. The topological polar surface area (TPSA) is 117 Å². The molecule has 2 aromatic rings. The summed E-state index contributed by atoms with van der Waals surface area (Å²) in [5.74, 6) is 0.466. The molecule has 1 aliphatic carbocycles. The second-order valence-electron chi connectivity index (χ2n) is 7.98. The zero-order valence-electron chi connectivity index (χ0n) is 16.5. The van der Waals surface area contributed by atoms with Gasteiger partial charge in [0.1, 0.15) is 11.4 Å². The van der Waals surface area contributed by atoms with E-state index in [4.69, 9.17) is 9.26 Å². The predicted octanol–water partition coefficient (Wildman–Crippen LogP) is 0.790. The van der Waals surface area contributed by atoms with Crippen LogP contribution in [-0.4, -0.2) is 53.7 Å². The highest BCUT2D eigenvalue weighted by Crippen LogP contribution is 2.41. The van der Waals surface area contributed by atoms with Crippen molar-refractivity contribution in [2.24, 2.45) is 23.7 Å². The van der Waals surface area contributed by atoms with Gasteiger partial charge in [0.05, 0.1) is 25.9 Å². The number of aromatic nitrogens is 1. The summed E-state index contributed by atoms with van der Waals surface area (Å²) in [6.07, 6.45) is -1.70. The SMILES string of the molecule is COc1ccc(-c2cc(CNC(=O)[C@H]3[C@@H](C)[C@H](O)[C@@H](O)[C@H]4CNC[C@@H]43)no2)cc1. The number of fused-ring (bicyclic) bond motifs is 1. The second kappa shape index (κ2) is 8.14. The summed E-state index contributed by atoms with van der Waals surface area (Å²) in [4.78, 5) is 12.9. The molecule has 8 heteroatoms. The van der Waals surface area contributed by atoms with Crippen molar-refractivity contribution in [1.82, 2.24) is 15.8 Å². The Labute approximate surface area is 169 Å². The van der Waals surface area contributed by atoms with Gasteiger partial charge < -0.3 is 30.1 Å². The fraction of sp³-hybridized carbons (Fsp3) is 0.524. The van der Waals surface area contributed by atoms with E-state index in [0.29, 0.717) is 24.5 Å². The molecule has 2 aliphatic rings. The van der Waals surface area contributed by atoms with Crippen LogP contribution in [0.25, 0.3) is 11.3 Å². The molecule has 6 atom stereocenters. The fourth-order valence-corrected chi connectivity index (χ4v) is 4.67. The van der Waals surface area contributed by atoms with Gasteiger partial charge in [0.25, 0.3) is 0 Å². The lowest BCUT2D eigenvalue weighted by atomic mass is 9.65. The highest BCUT2D eigenvalue weighted by molar-refractivity contribution is 5.79. The standard InChI is InChI=1S/C21H27N3O5/c1-11-18(15-9-22-10-16(15)20(26)19(11)25)21(27)23-8-13-7-17(29-24-13)12-3-5-14(28-2)6-4-12/h3-7,11,15-16,18-20,22,25-26H,8-10H2,1-2H3,(H,23,27)/t11-,15+,16+,18+,19+,20+/m1/s1. The van der Waals surface area contributed by atoms with E-state index in [1.54, 1.807) is 13.2 Å². The van der Waals surface area contributed by atoms with E-state index in [-0.39, 0.29) is 36.1 Å². The van der Waals surface area contributed by atoms with Crippen LogP contribution in [0.5, 0.6) is 5.75 Å². The molecule has 4 rings (SSSR count). The number of hydrogen-bond donors (Lipinski definition) is 4. The molecule has 2 fully saturated rings. The van der Waals surface area contributed by atoms with Gasteiger partial charge in [-0.05, 0) is 42.6 Å². The minimum Gasteiger partial charge on any atom is -0.497 e. The Morgan fingerprint density at radius 3 is 2.69 bits per heavy atom. The average Bonchev–Trinajstić information content (AvgIpc) is 3.41. The predicted molar refractivity (Wildman–Crippen MR) is 105 cm³/mol. The first kappa shape index (κ1) is 19.9. The largest absolute Gasteiger partial charge is 0.497 e. The Hall–Kier alpha value is -2.42. The Morgan fingerprint density at radius 1 is 1.24 bits per heavy atom. The van der Waals surface area contributed by atoms with Crippen LogP contribution in [0.3, 0.4) is 0 Å². The van der Waals surface area contributed by atoms with E-state index >= 15 is 0 Å². The number of carbonyl (C=O) groups is 1. The summed E-state index contributed by atoms with van der Waals surface area (Å²) in [7, 11) is 1.61. The molecular weight excluding hydrogens is 374 g/mol. The second-order valence-corrected chi connectivity index (χ2v) is 7.98. The van der Waals surface area contributed by atoms with Crippen molar-refractivity contribution in [2.75, 3.05) is 20.2 Å². The maximum atomic E-state index is 12.9. The van der Waals surface area contributed by atoms with Crippen LogP contribution in [0.2, 0.25) is 0 Å². The third-order valence-corrected chi connectivity index (χ3v) is 6.35. The molecule has 2 heterocycles. The first-order chi connectivity index (χ1) is 14.0. The van der Waals surface area contributed by atoms with Gasteiger partial charge in [-0.3, -0.25) is 4.79 Å². The third kappa shape index (κ3) is 3.75. The summed E-state index contributed by atoms with van der Waals surface area (Å²) in [5, 5.41) is 30.9. The van der Waals surface area contributed by atoms with Gasteiger partial charge in [0.15, 0.2) is 5.76 Å². The number of carbonyl (C=O) groups excluding carboxylic acids is 1. The summed E-state index contributed by atoms with van der Waals surface area (Å²) >= 11 is 0.